The van der Waals surface area contributed by atoms with Gasteiger partial charge in [0.1, 0.15) is 23.3 Å². The summed E-state index contributed by atoms with van der Waals surface area (Å²) >= 11 is 0. The highest BCUT2D eigenvalue weighted by Gasteiger charge is 2.42. The third-order valence-corrected chi connectivity index (χ3v) is 6.32. The molecule has 0 aliphatic carbocycles. The summed E-state index contributed by atoms with van der Waals surface area (Å²) < 4.78 is 44.5. The van der Waals surface area contributed by atoms with Gasteiger partial charge in [-0.3, -0.25) is 15.0 Å². The molecular weight excluding hydrogens is 469 g/mol. The fourth-order valence-electron chi connectivity index (χ4n) is 4.55. The van der Waals surface area contributed by atoms with E-state index in [0.29, 0.717) is 43.4 Å². The second kappa shape index (κ2) is 8.87. The van der Waals surface area contributed by atoms with Gasteiger partial charge in [0.15, 0.2) is 5.82 Å². The minimum Gasteiger partial charge on any atom is -0.492 e. The summed E-state index contributed by atoms with van der Waals surface area (Å²) in [5.74, 6) is 0.0963. The monoisotopic (exact) mass is 492 g/mol. The van der Waals surface area contributed by atoms with Crippen LogP contribution in [-0.4, -0.2) is 71.6 Å². The number of alkyl halides is 3. The maximum Gasteiger partial charge on any atom is 0.410 e. The van der Waals surface area contributed by atoms with Gasteiger partial charge in [-0.1, -0.05) is 0 Å². The molecule has 0 aromatic carbocycles. The summed E-state index contributed by atoms with van der Waals surface area (Å²) in [7, 11) is 0. The number of aryl methyl sites for hydroxylation is 1. The molecule has 13 heteroatoms. The summed E-state index contributed by atoms with van der Waals surface area (Å²) in [6, 6.07) is 1.46. The molecule has 1 fully saturated rings. The van der Waals surface area contributed by atoms with Crippen LogP contribution in [0, 0.1) is 0 Å². The molecule has 10 nitrogen and oxygen atoms in total. The molecule has 0 radical (unpaired) electrons. The third-order valence-electron chi connectivity index (χ3n) is 6.32. The van der Waals surface area contributed by atoms with Crippen LogP contribution in [0.15, 0.2) is 24.4 Å². The predicted octanol–water partition coefficient (Wildman–Crippen LogP) is 2.09. The molecule has 0 spiro atoms. The number of nitrogens with one attached hydrogen (secondary N) is 2. The van der Waals surface area contributed by atoms with Crippen LogP contribution in [0.5, 0.6) is 5.75 Å². The fraction of sp³-hybridized carbons (Fsp3) is 0.455. The average molecular weight is 492 g/mol. The van der Waals surface area contributed by atoms with E-state index in [0.717, 1.165) is 18.4 Å². The Kier molecular flexibility index (Phi) is 5.87. The van der Waals surface area contributed by atoms with Crippen molar-refractivity contribution in [2.75, 3.05) is 41.4 Å². The van der Waals surface area contributed by atoms with Gasteiger partial charge in [0.05, 0.1) is 31.1 Å². The summed E-state index contributed by atoms with van der Waals surface area (Å²) in [4.78, 5) is 37.8. The summed E-state index contributed by atoms with van der Waals surface area (Å²) in [5.41, 5.74) is 1.25. The first-order chi connectivity index (χ1) is 16.7. The molecule has 0 unspecified atom stereocenters. The number of amides is 3. The largest absolute Gasteiger partial charge is 0.492 e. The Morgan fingerprint density at radius 2 is 2.14 bits per heavy atom. The first-order valence-corrected chi connectivity index (χ1v) is 11.2. The Labute approximate surface area is 198 Å². The van der Waals surface area contributed by atoms with Crippen LogP contribution in [0.25, 0.3) is 0 Å². The van der Waals surface area contributed by atoms with Crippen molar-refractivity contribution in [1.82, 2.24) is 15.3 Å². The van der Waals surface area contributed by atoms with E-state index in [9.17, 15) is 22.8 Å². The van der Waals surface area contributed by atoms with E-state index in [1.54, 1.807) is 23.6 Å². The Morgan fingerprint density at radius 1 is 1.31 bits per heavy atom. The first kappa shape index (κ1) is 23.1. The highest BCUT2D eigenvalue weighted by Crippen LogP contribution is 2.39. The molecule has 0 saturated carbocycles. The van der Waals surface area contributed by atoms with Gasteiger partial charge in [0.2, 0.25) is 0 Å². The Morgan fingerprint density at radius 3 is 2.91 bits per heavy atom. The van der Waals surface area contributed by atoms with Crippen molar-refractivity contribution in [3.63, 3.8) is 0 Å². The molecule has 3 N–H and O–H groups in total. The third kappa shape index (κ3) is 4.43. The van der Waals surface area contributed by atoms with Crippen molar-refractivity contribution < 1.29 is 32.6 Å². The van der Waals surface area contributed by atoms with Crippen LogP contribution in [0.1, 0.15) is 28.9 Å². The van der Waals surface area contributed by atoms with Crippen molar-refractivity contribution in [3.8, 4) is 5.75 Å². The molecule has 2 bridgehead atoms. The highest BCUT2D eigenvalue weighted by atomic mass is 19.4. The topological polar surface area (TPSA) is 120 Å². The number of aliphatic hydroxyl groups is 1. The first-order valence-electron chi connectivity index (χ1n) is 11.2. The molecule has 2 aromatic rings. The molecule has 3 aliphatic heterocycles. The molecule has 1 saturated heterocycles. The molecule has 5 heterocycles. The number of anilines is 3. The maximum atomic E-state index is 13.3. The Hall–Kier alpha value is -3.61. The van der Waals surface area contributed by atoms with Crippen LogP contribution >= 0.6 is 0 Å². The van der Waals surface area contributed by atoms with Crippen molar-refractivity contribution in [2.24, 2.45) is 0 Å². The maximum absolute atomic E-state index is 13.3. The lowest BCUT2D eigenvalue weighted by atomic mass is 10.1. The van der Waals surface area contributed by atoms with E-state index in [-0.39, 0.29) is 17.6 Å². The number of hydrogen-bond acceptors (Lipinski definition) is 7. The van der Waals surface area contributed by atoms with Crippen LogP contribution in [0.2, 0.25) is 0 Å². The fourth-order valence-corrected chi connectivity index (χ4v) is 4.55. The number of halogens is 3. The Bertz CT molecular complexity index is 1160. The second-order valence-electron chi connectivity index (χ2n) is 8.61. The predicted molar refractivity (Wildman–Crippen MR) is 119 cm³/mol. The SMILES string of the molecule is O=C(N[C@H](CO)C(F)(F)F)c1ccc2c(n1)N(C(=O)Nc1cc3c(cn1)OCCC3)[C@H]1CCN2C1. The lowest BCUT2D eigenvalue weighted by Gasteiger charge is -2.35. The minimum absolute atomic E-state index is 0.178. The quantitative estimate of drug-likeness (QED) is 0.598. The number of rotatable bonds is 4. The van der Waals surface area contributed by atoms with Crippen molar-refractivity contribution in [1.29, 1.82) is 0 Å². The number of pyridine rings is 2. The van der Waals surface area contributed by atoms with Gasteiger partial charge in [0, 0.05) is 13.1 Å². The van der Waals surface area contributed by atoms with Crippen LogP contribution in [0.3, 0.4) is 0 Å². The van der Waals surface area contributed by atoms with Gasteiger partial charge >= 0.3 is 12.2 Å². The normalized spacial score (nSPS) is 19.4. The van der Waals surface area contributed by atoms with E-state index in [4.69, 9.17) is 9.84 Å². The Balaban J connectivity index is 1.41. The zero-order valence-electron chi connectivity index (χ0n) is 18.5. The second-order valence-corrected chi connectivity index (χ2v) is 8.61. The van der Waals surface area contributed by atoms with E-state index < -0.39 is 30.8 Å². The zero-order valence-corrected chi connectivity index (χ0v) is 18.5. The summed E-state index contributed by atoms with van der Waals surface area (Å²) in [5, 5.41) is 13.5. The molecule has 2 aromatic heterocycles. The van der Waals surface area contributed by atoms with Crippen LogP contribution in [-0.2, 0) is 6.42 Å². The number of ether oxygens (including phenoxy) is 1. The summed E-state index contributed by atoms with van der Waals surface area (Å²) in [6.45, 7) is 0.555. The number of aliphatic hydroxyl groups excluding tert-OH is 1. The van der Waals surface area contributed by atoms with Crippen LogP contribution < -0.4 is 25.2 Å². The molecular formula is C22H23F3N6O4. The van der Waals surface area contributed by atoms with E-state index in [1.807, 2.05) is 4.90 Å². The number of aromatic nitrogens is 2. The standard InChI is InChI=1S/C22H23F3N6O4/c23-22(24,25)17(11-32)28-20(33)14-3-4-15-19(27-14)31(13-5-6-30(15)10-13)21(34)29-18-8-12-2-1-7-35-16(12)9-26-18/h3-4,8-9,13,17,32H,1-2,5-7,10-11H2,(H,28,33)(H,26,29,34)/t13-,17+/m0/s1. The van der Waals surface area contributed by atoms with Gasteiger partial charge in [-0.05, 0) is 43.0 Å². The van der Waals surface area contributed by atoms with Gasteiger partial charge in [0.25, 0.3) is 5.91 Å². The lowest BCUT2D eigenvalue weighted by Crippen LogP contribution is -2.49. The molecule has 2 atom stereocenters. The number of fused-ring (bicyclic) bond motifs is 5. The van der Waals surface area contributed by atoms with Gasteiger partial charge in [-0.15, -0.1) is 0 Å². The number of hydrogen-bond donors (Lipinski definition) is 3. The smallest absolute Gasteiger partial charge is 0.410 e. The molecule has 5 rings (SSSR count). The number of nitrogens with zero attached hydrogens (tertiary/aromatic N) is 4. The average Bonchev–Trinajstić information content (AvgIpc) is 3.25. The van der Waals surface area contributed by atoms with Crippen molar-refractivity contribution >= 4 is 29.3 Å². The van der Waals surface area contributed by atoms with Crippen molar-refractivity contribution in [2.45, 2.75) is 37.5 Å². The highest BCUT2D eigenvalue weighted by molar-refractivity contribution is 6.05. The van der Waals surface area contributed by atoms with Gasteiger partial charge < -0.3 is 20.1 Å². The van der Waals surface area contributed by atoms with Gasteiger partial charge in [-0.2, -0.15) is 13.2 Å². The number of carbonyl (C=O) groups is 2. The number of urea groups is 1. The van der Waals surface area contributed by atoms with Crippen molar-refractivity contribution in [3.05, 3.63) is 35.7 Å². The zero-order chi connectivity index (χ0) is 24.7. The van der Waals surface area contributed by atoms with E-state index in [2.05, 4.69) is 15.3 Å². The lowest BCUT2D eigenvalue weighted by molar-refractivity contribution is -0.161. The molecule has 35 heavy (non-hydrogen) atoms. The molecule has 186 valence electrons. The molecule has 3 aliphatic rings. The van der Waals surface area contributed by atoms with Gasteiger partial charge in [-0.25, -0.2) is 14.8 Å². The minimum atomic E-state index is -4.82. The molecule has 3 amide bonds. The summed E-state index contributed by atoms with van der Waals surface area (Å²) in [6.07, 6.45) is -0.927. The van der Waals surface area contributed by atoms with E-state index in [1.165, 1.54) is 11.0 Å². The number of carbonyl (C=O) groups excluding carboxylic acids is 2. The van der Waals surface area contributed by atoms with E-state index >= 15 is 0 Å². The van der Waals surface area contributed by atoms with Crippen LogP contribution in [0.4, 0.5) is 35.3 Å².